The molecule has 1 aromatic heterocycles. The summed E-state index contributed by atoms with van der Waals surface area (Å²) in [6.45, 7) is 4.00. The van der Waals surface area contributed by atoms with Gasteiger partial charge in [0.15, 0.2) is 0 Å². The molecular weight excluding hydrogens is 479 g/mol. The molecule has 0 aliphatic heterocycles. The van der Waals surface area contributed by atoms with Gasteiger partial charge in [-0.2, -0.15) is 0 Å². The van der Waals surface area contributed by atoms with Gasteiger partial charge in [-0.05, 0) is 71.8 Å². The van der Waals surface area contributed by atoms with E-state index < -0.39 is 17.1 Å². The molecule has 3 aromatic carbocycles. The van der Waals surface area contributed by atoms with Crippen molar-refractivity contribution in [2.75, 3.05) is 11.4 Å². The molecule has 8 heteroatoms. The lowest BCUT2D eigenvalue weighted by molar-refractivity contribution is 0.0964. The van der Waals surface area contributed by atoms with Crippen LogP contribution in [0.15, 0.2) is 71.7 Å². The number of benzene rings is 3. The second-order valence-electron chi connectivity index (χ2n) is 8.79. The molecular formula is C28H25FN2O4S. The van der Waals surface area contributed by atoms with E-state index in [1.165, 1.54) is 16.4 Å². The summed E-state index contributed by atoms with van der Waals surface area (Å²) in [6.07, 6.45) is 3.63. The van der Waals surface area contributed by atoms with E-state index >= 15 is 0 Å². The first-order valence-corrected chi connectivity index (χ1v) is 12.6. The van der Waals surface area contributed by atoms with Crippen molar-refractivity contribution in [3.8, 4) is 11.3 Å². The van der Waals surface area contributed by atoms with Crippen LogP contribution in [0.4, 0.5) is 10.1 Å². The fourth-order valence-corrected chi connectivity index (χ4v) is 5.04. The van der Waals surface area contributed by atoms with Gasteiger partial charge in [-0.3, -0.25) is 13.7 Å². The minimum absolute atomic E-state index is 0.198. The summed E-state index contributed by atoms with van der Waals surface area (Å²) in [4.78, 5) is 12.9. The first-order chi connectivity index (χ1) is 17.4. The van der Waals surface area contributed by atoms with E-state index in [1.807, 2.05) is 30.3 Å². The lowest BCUT2D eigenvalue weighted by Gasteiger charge is -2.23. The molecule has 1 atom stereocenters. The molecule has 6 nitrogen and oxygen atoms in total. The first kappa shape index (κ1) is 24.0. The number of amides is 1. The Hall–Kier alpha value is -3.75. The SMILES string of the molecule is C=Cc1cccc(CN(c2cc3oc(-c4ccc(F)cc4)c(C(=O)NC)c3cc2C2CC2)S(=O)O)c1. The van der Waals surface area contributed by atoms with Gasteiger partial charge in [-0.1, -0.05) is 30.9 Å². The Morgan fingerprint density at radius 3 is 2.61 bits per heavy atom. The van der Waals surface area contributed by atoms with Crippen LogP contribution in [-0.4, -0.2) is 21.7 Å². The summed E-state index contributed by atoms with van der Waals surface area (Å²) in [5.74, 6) is -0.182. The Morgan fingerprint density at radius 2 is 1.97 bits per heavy atom. The number of anilines is 1. The van der Waals surface area contributed by atoms with Crippen LogP contribution in [0.3, 0.4) is 0 Å². The van der Waals surface area contributed by atoms with Crippen molar-refractivity contribution in [1.29, 1.82) is 0 Å². The fourth-order valence-electron chi connectivity index (χ4n) is 4.45. The van der Waals surface area contributed by atoms with E-state index in [0.717, 1.165) is 29.5 Å². The van der Waals surface area contributed by atoms with E-state index in [4.69, 9.17) is 4.42 Å². The molecule has 4 aromatic rings. The minimum atomic E-state index is -2.31. The van der Waals surface area contributed by atoms with Gasteiger partial charge in [0, 0.05) is 24.1 Å². The Balaban J connectivity index is 1.68. The van der Waals surface area contributed by atoms with Crippen molar-refractivity contribution in [1.82, 2.24) is 5.32 Å². The van der Waals surface area contributed by atoms with Gasteiger partial charge in [-0.25, -0.2) is 8.60 Å². The second-order valence-corrected chi connectivity index (χ2v) is 9.69. The number of carbonyl (C=O) groups excluding carboxylic acids is 1. The summed E-state index contributed by atoms with van der Waals surface area (Å²) in [5, 5.41) is 3.27. The lowest BCUT2D eigenvalue weighted by atomic mass is 10.00. The zero-order valence-corrected chi connectivity index (χ0v) is 20.5. The molecule has 5 rings (SSSR count). The third-order valence-corrected chi connectivity index (χ3v) is 7.09. The molecule has 2 N–H and O–H groups in total. The van der Waals surface area contributed by atoms with Crippen LogP contribution in [0.2, 0.25) is 0 Å². The highest BCUT2D eigenvalue weighted by Crippen LogP contribution is 2.48. The number of hydrogen-bond acceptors (Lipinski definition) is 3. The zero-order chi connectivity index (χ0) is 25.4. The highest BCUT2D eigenvalue weighted by Gasteiger charge is 2.32. The first-order valence-electron chi connectivity index (χ1n) is 11.6. The predicted octanol–water partition coefficient (Wildman–Crippen LogP) is 6.26. The molecule has 1 saturated carbocycles. The van der Waals surface area contributed by atoms with Gasteiger partial charge in [0.25, 0.3) is 17.2 Å². The second kappa shape index (κ2) is 9.72. The van der Waals surface area contributed by atoms with Gasteiger partial charge in [-0.15, -0.1) is 0 Å². The number of halogens is 1. The van der Waals surface area contributed by atoms with E-state index in [1.54, 1.807) is 31.3 Å². The number of furan rings is 1. The highest BCUT2D eigenvalue weighted by molar-refractivity contribution is 7.80. The van der Waals surface area contributed by atoms with Crippen molar-refractivity contribution < 1.29 is 22.4 Å². The van der Waals surface area contributed by atoms with E-state index in [-0.39, 0.29) is 18.4 Å². The molecule has 1 heterocycles. The van der Waals surface area contributed by atoms with Crippen molar-refractivity contribution in [3.63, 3.8) is 0 Å². The average Bonchev–Trinajstić information content (AvgIpc) is 3.67. The highest BCUT2D eigenvalue weighted by atomic mass is 32.2. The smallest absolute Gasteiger partial charge is 0.262 e. The number of carbonyl (C=O) groups is 1. The topological polar surface area (TPSA) is 82.8 Å². The van der Waals surface area contributed by atoms with Crippen LogP contribution in [-0.2, 0) is 17.8 Å². The summed E-state index contributed by atoms with van der Waals surface area (Å²) in [7, 11) is 1.54. The van der Waals surface area contributed by atoms with Crippen LogP contribution in [0.25, 0.3) is 28.4 Å². The zero-order valence-electron chi connectivity index (χ0n) is 19.7. The maximum Gasteiger partial charge on any atom is 0.262 e. The van der Waals surface area contributed by atoms with Crippen molar-refractivity contribution in [3.05, 3.63) is 95.3 Å². The van der Waals surface area contributed by atoms with Crippen molar-refractivity contribution >= 4 is 39.9 Å². The number of rotatable bonds is 8. The largest absolute Gasteiger partial charge is 0.455 e. The minimum Gasteiger partial charge on any atom is -0.455 e. The Morgan fingerprint density at radius 1 is 1.22 bits per heavy atom. The Kier molecular flexibility index (Phi) is 6.47. The number of nitrogens with one attached hydrogen (secondary N) is 1. The summed E-state index contributed by atoms with van der Waals surface area (Å²) in [6, 6.07) is 17.0. The third kappa shape index (κ3) is 4.57. The van der Waals surface area contributed by atoms with Gasteiger partial charge in [0.2, 0.25) is 0 Å². The van der Waals surface area contributed by atoms with Crippen molar-refractivity contribution in [2.24, 2.45) is 0 Å². The summed E-state index contributed by atoms with van der Waals surface area (Å²) >= 11 is -2.31. The molecule has 0 spiro atoms. The van der Waals surface area contributed by atoms with Crippen LogP contribution >= 0.6 is 0 Å². The summed E-state index contributed by atoms with van der Waals surface area (Å²) < 4.78 is 44.0. The van der Waals surface area contributed by atoms with Crippen LogP contribution in [0.5, 0.6) is 0 Å². The van der Waals surface area contributed by atoms with Gasteiger partial charge < -0.3 is 9.73 Å². The maximum absolute atomic E-state index is 13.6. The van der Waals surface area contributed by atoms with Gasteiger partial charge in [0.1, 0.15) is 17.2 Å². The van der Waals surface area contributed by atoms with E-state index in [2.05, 4.69) is 11.9 Å². The predicted molar refractivity (Wildman–Crippen MR) is 140 cm³/mol. The van der Waals surface area contributed by atoms with E-state index in [9.17, 15) is 17.9 Å². The fraction of sp³-hybridized carbons (Fsp3) is 0.179. The molecule has 0 bridgehead atoms. The van der Waals surface area contributed by atoms with Crippen LogP contribution < -0.4 is 9.62 Å². The van der Waals surface area contributed by atoms with Gasteiger partial charge >= 0.3 is 0 Å². The maximum atomic E-state index is 13.6. The van der Waals surface area contributed by atoms with Gasteiger partial charge in [0.05, 0.1) is 17.8 Å². The Labute approximate surface area is 210 Å². The molecule has 1 aliphatic carbocycles. The third-order valence-electron chi connectivity index (χ3n) is 6.39. The average molecular weight is 505 g/mol. The number of nitrogens with zero attached hydrogens (tertiary/aromatic N) is 1. The van der Waals surface area contributed by atoms with Crippen LogP contribution in [0, 0.1) is 5.82 Å². The Bertz CT molecular complexity index is 1490. The molecule has 36 heavy (non-hydrogen) atoms. The van der Waals surface area contributed by atoms with Crippen LogP contribution in [0.1, 0.15) is 45.8 Å². The molecule has 0 saturated heterocycles. The lowest BCUT2D eigenvalue weighted by Crippen LogP contribution is -2.25. The molecule has 1 fully saturated rings. The molecule has 1 aliphatic rings. The number of fused-ring (bicyclic) bond motifs is 1. The summed E-state index contributed by atoms with van der Waals surface area (Å²) in [5.41, 5.74) is 4.56. The monoisotopic (exact) mass is 504 g/mol. The number of hydrogen-bond donors (Lipinski definition) is 2. The molecule has 1 amide bonds. The van der Waals surface area contributed by atoms with Crippen molar-refractivity contribution in [2.45, 2.75) is 25.3 Å². The quantitative estimate of drug-likeness (QED) is 0.277. The molecule has 184 valence electrons. The standard InChI is InChI=1S/C28H25FN2O4S/c1-3-17-5-4-6-18(13-17)16-31(36(33)34)24-15-25-23(14-22(24)19-7-8-19)26(28(32)30-2)27(35-25)20-9-11-21(29)12-10-20/h3-6,9-15,19H,1,7-8,16H2,2H3,(H,30,32)(H,33,34). The molecule has 0 radical (unpaired) electrons. The van der Waals surface area contributed by atoms with E-state index in [0.29, 0.717) is 33.5 Å². The molecule has 1 unspecified atom stereocenters. The normalized spacial score (nSPS) is 14.0.